The van der Waals surface area contributed by atoms with Gasteiger partial charge in [0.15, 0.2) is 11.6 Å². The summed E-state index contributed by atoms with van der Waals surface area (Å²) in [6.07, 6.45) is 2.02. The van der Waals surface area contributed by atoms with Gasteiger partial charge in [-0.1, -0.05) is 0 Å². The molecule has 0 aliphatic carbocycles. The van der Waals surface area contributed by atoms with E-state index in [0.717, 1.165) is 5.69 Å². The number of carbonyl (C=O) groups excluding carboxylic acids is 1. The maximum atomic E-state index is 13.8. The van der Waals surface area contributed by atoms with E-state index in [4.69, 9.17) is 0 Å². The first-order valence-electron chi connectivity index (χ1n) is 5.70. The Bertz CT molecular complexity index is 559. The maximum Gasteiger partial charge on any atom is 0.254 e. The van der Waals surface area contributed by atoms with Crippen molar-refractivity contribution in [2.24, 2.45) is 0 Å². The molecule has 0 saturated carbocycles. The number of halogens is 1. The van der Waals surface area contributed by atoms with Gasteiger partial charge < -0.3 is 10.6 Å². The van der Waals surface area contributed by atoms with Crippen molar-refractivity contribution in [2.45, 2.75) is 6.42 Å². The molecule has 1 amide bonds. The van der Waals surface area contributed by atoms with Crippen LogP contribution in [0.1, 0.15) is 16.1 Å². The van der Waals surface area contributed by atoms with E-state index in [-0.39, 0.29) is 11.4 Å². The lowest BCUT2D eigenvalue weighted by atomic mass is 10.2. The Balaban J connectivity index is 1.96. The molecule has 0 bridgehead atoms. The molecule has 0 aliphatic rings. The van der Waals surface area contributed by atoms with E-state index in [1.54, 1.807) is 12.6 Å². The SMILES string of the molecule is CNc1nccc(C(=O)NCCc2cscn2)c1F. The third-order valence-electron chi connectivity index (χ3n) is 2.52. The van der Waals surface area contributed by atoms with Gasteiger partial charge in [0.05, 0.1) is 16.8 Å². The van der Waals surface area contributed by atoms with Crippen LogP contribution >= 0.6 is 11.3 Å². The summed E-state index contributed by atoms with van der Waals surface area (Å²) in [6, 6.07) is 1.36. The Morgan fingerprint density at radius 1 is 1.47 bits per heavy atom. The molecular weight excluding hydrogens is 267 g/mol. The van der Waals surface area contributed by atoms with Crippen molar-refractivity contribution < 1.29 is 9.18 Å². The van der Waals surface area contributed by atoms with E-state index in [9.17, 15) is 9.18 Å². The number of hydrogen-bond acceptors (Lipinski definition) is 5. The van der Waals surface area contributed by atoms with Gasteiger partial charge >= 0.3 is 0 Å². The molecule has 0 unspecified atom stereocenters. The Morgan fingerprint density at radius 2 is 2.32 bits per heavy atom. The predicted octanol–water partition coefficient (Wildman–Crippen LogP) is 1.69. The van der Waals surface area contributed by atoms with E-state index < -0.39 is 11.7 Å². The fourth-order valence-corrected chi connectivity index (χ4v) is 2.15. The van der Waals surface area contributed by atoms with E-state index in [1.807, 2.05) is 5.38 Å². The summed E-state index contributed by atoms with van der Waals surface area (Å²) < 4.78 is 13.8. The van der Waals surface area contributed by atoms with Crippen LogP contribution in [0.5, 0.6) is 0 Å². The molecule has 2 rings (SSSR count). The van der Waals surface area contributed by atoms with Crippen LogP contribution in [0.2, 0.25) is 0 Å². The summed E-state index contributed by atoms with van der Waals surface area (Å²) in [5.74, 6) is -1.03. The van der Waals surface area contributed by atoms with Crippen molar-refractivity contribution in [3.05, 3.63) is 40.2 Å². The first-order valence-corrected chi connectivity index (χ1v) is 6.64. The molecule has 5 nitrogen and oxygen atoms in total. The highest BCUT2D eigenvalue weighted by Gasteiger charge is 2.14. The van der Waals surface area contributed by atoms with Gasteiger partial charge in [0.2, 0.25) is 0 Å². The predicted molar refractivity (Wildman–Crippen MR) is 71.9 cm³/mol. The van der Waals surface area contributed by atoms with Crippen molar-refractivity contribution in [1.29, 1.82) is 0 Å². The van der Waals surface area contributed by atoms with Gasteiger partial charge in [-0.05, 0) is 6.07 Å². The fraction of sp³-hybridized carbons (Fsp3) is 0.250. The van der Waals surface area contributed by atoms with Gasteiger partial charge in [0.1, 0.15) is 0 Å². The Labute approximate surface area is 113 Å². The van der Waals surface area contributed by atoms with Crippen molar-refractivity contribution in [1.82, 2.24) is 15.3 Å². The molecule has 0 aliphatic heterocycles. The second-order valence-corrected chi connectivity index (χ2v) is 4.48. The van der Waals surface area contributed by atoms with Crippen LogP contribution in [-0.4, -0.2) is 29.5 Å². The molecule has 2 heterocycles. The molecule has 0 saturated heterocycles. The van der Waals surface area contributed by atoms with Gasteiger partial charge in [-0.25, -0.2) is 14.4 Å². The summed E-state index contributed by atoms with van der Waals surface area (Å²) in [5.41, 5.74) is 2.63. The number of carbonyl (C=O) groups is 1. The third-order valence-corrected chi connectivity index (χ3v) is 3.16. The summed E-state index contributed by atoms with van der Waals surface area (Å²) in [6.45, 7) is 0.416. The van der Waals surface area contributed by atoms with E-state index in [1.165, 1.54) is 23.6 Å². The average molecular weight is 280 g/mol. The number of hydrogen-bond donors (Lipinski definition) is 2. The monoisotopic (exact) mass is 280 g/mol. The molecule has 100 valence electrons. The van der Waals surface area contributed by atoms with Crippen LogP contribution in [0.3, 0.4) is 0 Å². The van der Waals surface area contributed by atoms with E-state index in [2.05, 4.69) is 20.6 Å². The van der Waals surface area contributed by atoms with Crippen molar-refractivity contribution >= 4 is 23.1 Å². The number of amides is 1. The van der Waals surface area contributed by atoms with Crippen LogP contribution in [0.4, 0.5) is 10.2 Å². The lowest BCUT2D eigenvalue weighted by Crippen LogP contribution is -2.27. The fourth-order valence-electron chi connectivity index (χ4n) is 1.55. The number of aromatic nitrogens is 2. The highest BCUT2D eigenvalue weighted by Crippen LogP contribution is 2.14. The average Bonchev–Trinajstić information content (AvgIpc) is 2.92. The van der Waals surface area contributed by atoms with Crippen molar-refractivity contribution in [3.63, 3.8) is 0 Å². The van der Waals surface area contributed by atoms with Crippen LogP contribution in [0.25, 0.3) is 0 Å². The summed E-state index contributed by atoms with van der Waals surface area (Å²) in [7, 11) is 1.55. The largest absolute Gasteiger partial charge is 0.371 e. The number of nitrogens with one attached hydrogen (secondary N) is 2. The normalized spacial score (nSPS) is 10.2. The van der Waals surface area contributed by atoms with E-state index in [0.29, 0.717) is 13.0 Å². The highest BCUT2D eigenvalue weighted by atomic mass is 32.1. The molecular formula is C12H13FN4OS. The van der Waals surface area contributed by atoms with Crippen LogP contribution in [0, 0.1) is 5.82 Å². The summed E-state index contributed by atoms with van der Waals surface area (Å²) >= 11 is 1.50. The Kier molecular flexibility index (Phi) is 4.40. The molecule has 19 heavy (non-hydrogen) atoms. The molecule has 7 heteroatoms. The summed E-state index contributed by atoms with van der Waals surface area (Å²) in [5, 5.41) is 7.17. The van der Waals surface area contributed by atoms with Gasteiger partial charge in [0.25, 0.3) is 5.91 Å². The Morgan fingerprint density at radius 3 is 3.00 bits per heavy atom. The molecule has 0 aromatic carbocycles. The zero-order valence-electron chi connectivity index (χ0n) is 10.3. The van der Waals surface area contributed by atoms with Gasteiger partial charge in [0, 0.05) is 31.6 Å². The van der Waals surface area contributed by atoms with Crippen molar-refractivity contribution in [2.75, 3.05) is 18.9 Å². The second kappa shape index (κ2) is 6.24. The van der Waals surface area contributed by atoms with Gasteiger partial charge in [-0.3, -0.25) is 4.79 Å². The zero-order valence-corrected chi connectivity index (χ0v) is 11.1. The molecule has 0 fully saturated rings. The lowest BCUT2D eigenvalue weighted by Gasteiger charge is -2.07. The number of thiazole rings is 1. The lowest BCUT2D eigenvalue weighted by molar-refractivity contribution is 0.0950. The minimum absolute atomic E-state index is 0.0161. The van der Waals surface area contributed by atoms with Gasteiger partial charge in [-0.2, -0.15) is 0 Å². The minimum atomic E-state index is -0.642. The highest BCUT2D eigenvalue weighted by molar-refractivity contribution is 7.07. The van der Waals surface area contributed by atoms with E-state index >= 15 is 0 Å². The molecule has 0 atom stereocenters. The molecule has 0 spiro atoms. The first-order chi connectivity index (χ1) is 9.22. The smallest absolute Gasteiger partial charge is 0.254 e. The van der Waals surface area contributed by atoms with Gasteiger partial charge in [-0.15, -0.1) is 11.3 Å². The number of anilines is 1. The van der Waals surface area contributed by atoms with Crippen LogP contribution in [0.15, 0.2) is 23.2 Å². The second-order valence-electron chi connectivity index (χ2n) is 3.76. The number of nitrogens with zero attached hydrogens (tertiary/aromatic N) is 2. The molecule has 2 N–H and O–H groups in total. The first kappa shape index (κ1) is 13.4. The minimum Gasteiger partial charge on any atom is -0.371 e. The standard InChI is InChI=1S/C12H13FN4OS/c1-14-11-10(13)9(3-5-15-11)12(18)16-4-2-8-6-19-7-17-8/h3,5-7H,2,4H2,1H3,(H,14,15)(H,16,18). The Hall–Kier alpha value is -2.02. The number of pyridine rings is 1. The van der Waals surface area contributed by atoms with Crippen LogP contribution < -0.4 is 10.6 Å². The topological polar surface area (TPSA) is 66.9 Å². The maximum absolute atomic E-state index is 13.8. The number of rotatable bonds is 5. The quantitative estimate of drug-likeness (QED) is 0.874. The van der Waals surface area contributed by atoms with Crippen molar-refractivity contribution in [3.8, 4) is 0 Å². The molecule has 0 radical (unpaired) electrons. The van der Waals surface area contributed by atoms with Crippen LogP contribution in [-0.2, 0) is 6.42 Å². The zero-order chi connectivity index (χ0) is 13.7. The summed E-state index contributed by atoms with van der Waals surface area (Å²) in [4.78, 5) is 19.7. The molecule has 2 aromatic heterocycles. The third kappa shape index (κ3) is 3.25. The molecule has 2 aromatic rings.